The third-order valence-electron chi connectivity index (χ3n) is 5.71. The van der Waals surface area contributed by atoms with Crippen LogP contribution in [0.15, 0.2) is 48.9 Å². The van der Waals surface area contributed by atoms with E-state index in [1.807, 2.05) is 16.7 Å². The summed E-state index contributed by atoms with van der Waals surface area (Å²) in [6, 6.07) is 12.1. The highest BCUT2D eigenvalue weighted by atomic mass is 19.1. The largest absolute Gasteiger partial charge is 0.456 e. The Kier molecular flexibility index (Phi) is 4.88. The van der Waals surface area contributed by atoms with Crippen LogP contribution in [-0.4, -0.2) is 44.9 Å². The maximum Gasteiger partial charge on any atom is 0.237 e. The molecule has 2 aromatic carbocycles. The van der Waals surface area contributed by atoms with Crippen LogP contribution in [-0.2, 0) is 24.4 Å². The highest BCUT2D eigenvalue weighted by Crippen LogP contribution is 2.29. The minimum absolute atomic E-state index is 0.0351. The number of amides is 1. The number of nitriles is 1. The lowest BCUT2D eigenvalue weighted by atomic mass is 10.1. The number of aromatic nitrogens is 2. The minimum atomic E-state index is -0.387. The number of nitrogens with zero attached hydrogens (tertiary/aromatic N) is 5. The Labute approximate surface area is 178 Å². The Bertz CT molecular complexity index is 1200. The number of ether oxygens (including phenoxy) is 1. The Morgan fingerprint density at radius 1 is 1.06 bits per heavy atom. The highest BCUT2D eigenvalue weighted by molar-refractivity contribution is 5.79. The first-order valence-electron chi connectivity index (χ1n) is 10.1. The number of fused-ring (bicyclic) bond motifs is 2. The Hall–Kier alpha value is -3.70. The average molecular weight is 417 g/mol. The summed E-state index contributed by atoms with van der Waals surface area (Å²) in [6.45, 7) is 2.84. The predicted octanol–water partition coefficient (Wildman–Crippen LogP) is 2.89. The van der Waals surface area contributed by atoms with Crippen LogP contribution in [0.2, 0.25) is 0 Å². The molecule has 4 heterocycles. The maximum absolute atomic E-state index is 14.5. The van der Waals surface area contributed by atoms with Gasteiger partial charge in [0.05, 0.1) is 24.1 Å². The molecule has 0 spiro atoms. The first-order chi connectivity index (χ1) is 15.1. The lowest BCUT2D eigenvalue weighted by molar-refractivity contribution is -0.137. The molecule has 156 valence electrons. The second kappa shape index (κ2) is 7.85. The van der Waals surface area contributed by atoms with Gasteiger partial charge in [-0.15, -0.1) is 0 Å². The van der Waals surface area contributed by atoms with E-state index in [9.17, 15) is 14.4 Å². The number of carbonyl (C=O) groups is 1. The molecule has 8 heteroatoms. The van der Waals surface area contributed by atoms with E-state index < -0.39 is 0 Å². The summed E-state index contributed by atoms with van der Waals surface area (Å²) >= 11 is 0. The summed E-state index contributed by atoms with van der Waals surface area (Å²) in [7, 11) is 0. The summed E-state index contributed by atoms with van der Waals surface area (Å²) in [5.74, 6) is 0.411. The molecule has 1 fully saturated rings. The van der Waals surface area contributed by atoms with Crippen LogP contribution in [0.3, 0.4) is 0 Å². The molecule has 7 nitrogen and oxygen atoms in total. The number of benzene rings is 2. The summed E-state index contributed by atoms with van der Waals surface area (Å²) < 4.78 is 22.5. The second-order valence-corrected chi connectivity index (χ2v) is 7.84. The number of carbonyl (C=O) groups excluding carboxylic acids is 1. The van der Waals surface area contributed by atoms with Crippen LogP contribution in [0.5, 0.6) is 11.5 Å². The summed E-state index contributed by atoms with van der Waals surface area (Å²) in [5.41, 5.74) is 2.73. The predicted molar refractivity (Wildman–Crippen MR) is 110 cm³/mol. The number of rotatable bonds is 0. The number of piperazine rings is 1. The standard InChI is InChI=1S/C23H20FN5O2/c24-21-4-3-20-8-18(21)12-28-6-5-27(14-23(28)30)13-19-10-26-15-29(19)11-16-1-2-17(9-25)22(7-16)31-20/h1-4,7-8,10,15H,5-6,11-14H2. The van der Waals surface area contributed by atoms with Crippen LogP contribution in [0, 0.1) is 17.1 Å². The monoisotopic (exact) mass is 417 g/mol. The number of imidazole rings is 1. The summed E-state index contributed by atoms with van der Waals surface area (Å²) in [4.78, 5) is 20.7. The van der Waals surface area contributed by atoms with Gasteiger partial charge in [0.2, 0.25) is 5.91 Å². The average Bonchev–Trinajstić information content (AvgIpc) is 3.18. The Balaban J connectivity index is 1.59. The molecule has 0 radical (unpaired) electrons. The minimum Gasteiger partial charge on any atom is -0.456 e. The number of hydrogen-bond acceptors (Lipinski definition) is 5. The van der Waals surface area contributed by atoms with Gasteiger partial charge in [0.15, 0.2) is 0 Å². The smallest absolute Gasteiger partial charge is 0.237 e. The fraction of sp³-hybridized carbons (Fsp3) is 0.261. The van der Waals surface area contributed by atoms with Crippen molar-refractivity contribution < 1.29 is 13.9 Å². The van der Waals surface area contributed by atoms with Gasteiger partial charge in [-0.2, -0.15) is 5.26 Å². The van der Waals surface area contributed by atoms with E-state index >= 15 is 0 Å². The van der Waals surface area contributed by atoms with Crippen molar-refractivity contribution in [2.75, 3.05) is 19.6 Å². The molecule has 0 saturated carbocycles. The Morgan fingerprint density at radius 3 is 2.81 bits per heavy atom. The van der Waals surface area contributed by atoms with Crippen LogP contribution in [0.25, 0.3) is 0 Å². The first kappa shape index (κ1) is 19.3. The lowest BCUT2D eigenvalue weighted by Gasteiger charge is -2.34. The molecule has 1 atom stereocenters. The van der Waals surface area contributed by atoms with E-state index in [1.165, 1.54) is 12.1 Å². The van der Waals surface area contributed by atoms with E-state index in [0.29, 0.717) is 48.8 Å². The zero-order valence-corrected chi connectivity index (χ0v) is 16.8. The molecular weight excluding hydrogens is 397 g/mol. The molecule has 1 unspecified atom stereocenters. The molecule has 0 N–H and O–H groups in total. The van der Waals surface area contributed by atoms with E-state index in [-0.39, 0.29) is 24.8 Å². The van der Waals surface area contributed by atoms with Crippen molar-refractivity contribution in [2.24, 2.45) is 0 Å². The van der Waals surface area contributed by atoms with Crippen LogP contribution < -0.4 is 4.74 Å². The van der Waals surface area contributed by atoms with E-state index in [4.69, 9.17) is 4.74 Å². The van der Waals surface area contributed by atoms with Gasteiger partial charge in [-0.05, 0) is 35.9 Å². The van der Waals surface area contributed by atoms with Crippen molar-refractivity contribution in [3.05, 3.63) is 77.1 Å². The van der Waals surface area contributed by atoms with Crippen molar-refractivity contribution in [2.45, 2.75) is 19.6 Å². The summed E-state index contributed by atoms with van der Waals surface area (Å²) in [6.07, 6.45) is 3.57. The first-order valence-corrected chi connectivity index (χ1v) is 10.1. The third-order valence-corrected chi connectivity index (χ3v) is 5.71. The van der Waals surface area contributed by atoms with Crippen molar-refractivity contribution in [1.29, 1.82) is 5.26 Å². The van der Waals surface area contributed by atoms with Crippen LogP contribution in [0.4, 0.5) is 4.39 Å². The fourth-order valence-corrected chi connectivity index (χ4v) is 4.02. The molecule has 6 bridgehead atoms. The molecule has 6 rings (SSSR count). The van der Waals surface area contributed by atoms with E-state index in [2.05, 4.69) is 16.0 Å². The molecule has 3 aromatic rings. The summed E-state index contributed by atoms with van der Waals surface area (Å²) in [5, 5.41) is 9.49. The lowest BCUT2D eigenvalue weighted by Crippen LogP contribution is -2.49. The number of halogens is 1. The molecular formula is C23H20FN5O2. The van der Waals surface area contributed by atoms with Gasteiger partial charge in [-0.3, -0.25) is 9.69 Å². The second-order valence-electron chi connectivity index (χ2n) is 7.84. The SMILES string of the molecule is N#Cc1ccc2cc1Oc1ccc(F)c(c1)CN1CCN(CC1=O)Cc1cncn1C2. The fourth-order valence-electron chi connectivity index (χ4n) is 4.02. The van der Waals surface area contributed by atoms with Gasteiger partial charge in [-0.1, -0.05) is 6.07 Å². The van der Waals surface area contributed by atoms with Gasteiger partial charge in [0.1, 0.15) is 23.4 Å². The molecule has 1 saturated heterocycles. The Morgan fingerprint density at radius 2 is 1.97 bits per heavy atom. The quantitative estimate of drug-likeness (QED) is 0.562. The molecule has 0 aliphatic carbocycles. The highest BCUT2D eigenvalue weighted by Gasteiger charge is 2.26. The molecule has 1 aromatic heterocycles. The van der Waals surface area contributed by atoms with Gasteiger partial charge in [0.25, 0.3) is 0 Å². The molecule has 3 aliphatic rings. The van der Waals surface area contributed by atoms with Gasteiger partial charge in [-0.25, -0.2) is 9.37 Å². The van der Waals surface area contributed by atoms with Crippen LogP contribution in [0.1, 0.15) is 22.4 Å². The maximum atomic E-state index is 14.5. The molecule has 31 heavy (non-hydrogen) atoms. The van der Waals surface area contributed by atoms with Gasteiger partial charge < -0.3 is 14.2 Å². The van der Waals surface area contributed by atoms with Gasteiger partial charge >= 0.3 is 0 Å². The number of hydrogen-bond donors (Lipinski definition) is 0. The van der Waals surface area contributed by atoms with Crippen molar-refractivity contribution in [3.8, 4) is 17.6 Å². The normalized spacial score (nSPS) is 18.3. The van der Waals surface area contributed by atoms with Gasteiger partial charge in [0, 0.05) is 44.5 Å². The van der Waals surface area contributed by atoms with Crippen molar-refractivity contribution in [3.63, 3.8) is 0 Å². The van der Waals surface area contributed by atoms with Crippen molar-refractivity contribution >= 4 is 5.91 Å². The van der Waals surface area contributed by atoms with E-state index in [0.717, 1.165) is 11.3 Å². The zero-order valence-electron chi connectivity index (χ0n) is 16.8. The van der Waals surface area contributed by atoms with E-state index in [1.54, 1.807) is 29.6 Å². The molecule has 1 amide bonds. The van der Waals surface area contributed by atoms with Crippen molar-refractivity contribution in [1.82, 2.24) is 19.4 Å². The zero-order chi connectivity index (χ0) is 21.4. The topological polar surface area (TPSA) is 74.4 Å². The van der Waals surface area contributed by atoms with Crippen LogP contribution >= 0.6 is 0 Å². The third kappa shape index (κ3) is 3.88. The molecule has 3 aliphatic heterocycles.